The maximum Gasteiger partial charge on any atom is 0.311 e. The van der Waals surface area contributed by atoms with Crippen LogP contribution in [0.4, 0.5) is 0 Å². The highest BCUT2D eigenvalue weighted by molar-refractivity contribution is 5.73. The van der Waals surface area contributed by atoms with Crippen LogP contribution in [0.2, 0.25) is 0 Å². The molecule has 1 N–H and O–H groups in total. The van der Waals surface area contributed by atoms with Crippen molar-refractivity contribution in [1.82, 2.24) is 0 Å². The van der Waals surface area contributed by atoms with Crippen molar-refractivity contribution in [3.05, 3.63) is 48.5 Å². The van der Waals surface area contributed by atoms with Crippen molar-refractivity contribution < 1.29 is 19.1 Å². The van der Waals surface area contributed by atoms with Gasteiger partial charge in [-0.25, -0.2) is 0 Å². The molecule has 4 nitrogen and oxygen atoms in total. The highest BCUT2D eigenvalue weighted by atomic mass is 16.5. The highest BCUT2D eigenvalue weighted by Crippen LogP contribution is 2.27. The Hall–Kier alpha value is -1.81. The Kier molecular flexibility index (Phi) is 6.09. The first-order valence-corrected chi connectivity index (χ1v) is 6.18. The van der Waals surface area contributed by atoms with Crippen molar-refractivity contribution in [1.29, 1.82) is 0 Å². The summed E-state index contributed by atoms with van der Waals surface area (Å²) < 4.78 is 9.86. The molecule has 0 aliphatic rings. The molecule has 0 aliphatic carbocycles. The Balaban J connectivity index is 2.72. The van der Waals surface area contributed by atoms with E-state index in [1.165, 1.54) is 13.4 Å². The lowest BCUT2D eigenvalue weighted by molar-refractivity contribution is -0.150. The summed E-state index contributed by atoms with van der Waals surface area (Å²) in [6.45, 7) is 5.59. The van der Waals surface area contributed by atoms with E-state index in [4.69, 9.17) is 9.15 Å². The minimum absolute atomic E-state index is 0.375. The fourth-order valence-corrected chi connectivity index (χ4v) is 1.79. The Morgan fingerprint density at radius 1 is 1.63 bits per heavy atom. The summed E-state index contributed by atoms with van der Waals surface area (Å²) in [5.74, 6) is -0.696. The summed E-state index contributed by atoms with van der Waals surface area (Å²) in [4.78, 5) is 11.7. The third-order valence-corrected chi connectivity index (χ3v) is 2.99. The zero-order chi connectivity index (χ0) is 14.3. The topological polar surface area (TPSA) is 59.7 Å². The molecule has 0 saturated heterocycles. The minimum Gasteiger partial charge on any atom is -0.469 e. The number of aliphatic hydroxyl groups is 1. The van der Waals surface area contributed by atoms with Crippen molar-refractivity contribution in [3.63, 3.8) is 0 Å². The lowest BCUT2D eigenvalue weighted by Gasteiger charge is -2.18. The lowest BCUT2D eigenvalue weighted by Crippen LogP contribution is -2.23. The summed E-state index contributed by atoms with van der Waals surface area (Å²) in [5, 5.41) is 10.2. The van der Waals surface area contributed by atoms with Crippen LogP contribution in [0.1, 0.15) is 31.6 Å². The molecule has 0 amide bonds. The first kappa shape index (κ1) is 15.2. The number of esters is 1. The molecule has 1 heterocycles. The maximum absolute atomic E-state index is 11.7. The SMILES string of the molecule is C=C/C(C)=C/CC[C@@H](C(=O)OC)[C@H](O)c1ccco1. The second kappa shape index (κ2) is 7.59. The number of hydrogen-bond donors (Lipinski definition) is 1. The van der Waals surface area contributed by atoms with E-state index in [0.717, 1.165) is 5.57 Å². The highest BCUT2D eigenvalue weighted by Gasteiger charge is 2.30. The maximum atomic E-state index is 11.7. The molecule has 1 aromatic rings. The van der Waals surface area contributed by atoms with Crippen molar-refractivity contribution in [3.8, 4) is 0 Å². The first-order valence-electron chi connectivity index (χ1n) is 6.18. The predicted molar refractivity (Wildman–Crippen MR) is 72.4 cm³/mol. The molecule has 19 heavy (non-hydrogen) atoms. The standard InChI is InChI=1S/C15H20O4/c1-4-11(2)7-5-8-12(15(17)18-3)14(16)13-9-6-10-19-13/h4,6-7,9-10,12,14,16H,1,5,8H2,2-3H3/b11-7+/t12-,14+/m1/s1. The number of carbonyl (C=O) groups excluding carboxylic acids is 1. The van der Waals surface area contributed by atoms with E-state index in [1.54, 1.807) is 18.2 Å². The van der Waals surface area contributed by atoms with Crippen LogP contribution in [0.25, 0.3) is 0 Å². The molecule has 1 aromatic heterocycles. The van der Waals surface area contributed by atoms with Gasteiger partial charge in [-0.3, -0.25) is 4.79 Å². The molecule has 0 radical (unpaired) electrons. The molecular weight excluding hydrogens is 244 g/mol. The Bertz CT molecular complexity index is 431. The summed E-state index contributed by atoms with van der Waals surface area (Å²) in [6, 6.07) is 3.32. The molecule has 2 atom stereocenters. The normalized spacial score (nSPS) is 14.8. The van der Waals surface area contributed by atoms with Crippen molar-refractivity contribution in [2.24, 2.45) is 5.92 Å². The number of ether oxygens (including phenoxy) is 1. The third-order valence-electron chi connectivity index (χ3n) is 2.99. The van der Waals surface area contributed by atoms with E-state index < -0.39 is 18.0 Å². The quantitative estimate of drug-likeness (QED) is 0.607. The van der Waals surface area contributed by atoms with E-state index >= 15 is 0 Å². The van der Waals surface area contributed by atoms with Gasteiger partial charge < -0.3 is 14.3 Å². The van der Waals surface area contributed by atoms with E-state index in [1.807, 2.05) is 13.0 Å². The van der Waals surface area contributed by atoms with Crippen LogP contribution in [0.3, 0.4) is 0 Å². The van der Waals surface area contributed by atoms with E-state index in [-0.39, 0.29) is 0 Å². The van der Waals surface area contributed by atoms with Gasteiger partial charge in [0.2, 0.25) is 0 Å². The van der Waals surface area contributed by atoms with Crippen LogP contribution < -0.4 is 0 Å². The molecular formula is C15H20O4. The third kappa shape index (κ3) is 4.41. The summed E-state index contributed by atoms with van der Waals surface area (Å²) in [7, 11) is 1.31. The van der Waals surface area contributed by atoms with Gasteiger partial charge in [0.15, 0.2) is 0 Å². The summed E-state index contributed by atoms with van der Waals surface area (Å²) in [6.07, 6.45) is 5.34. The predicted octanol–water partition coefficient (Wildman–Crippen LogP) is 3.01. The molecule has 0 bridgehead atoms. The van der Waals surface area contributed by atoms with Crippen molar-refractivity contribution >= 4 is 5.97 Å². The molecule has 0 unspecified atom stereocenters. The Morgan fingerprint density at radius 2 is 2.37 bits per heavy atom. The van der Waals surface area contributed by atoms with Crippen LogP contribution in [0, 0.1) is 5.92 Å². The number of rotatable bonds is 7. The largest absolute Gasteiger partial charge is 0.469 e. The molecule has 1 rings (SSSR count). The van der Waals surface area contributed by atoms with Gasteiger partial charge in [0.05, 0.1) is 19.3 Å². The average molecular weight is 264 g/mol. The van der Waals surface area contributed by atoms with Gasteiger partial charge in [-0.2, -0.15) is 0 Å². The number of allylic oxidation sites excluding steroid dienone is 3. The fraction of sp³-hybridized carbons (Fsp3) is 0.400. The Morgan fingerprint density at radius 3 is 2.89 bits per heavy atom. The van der Waals surface area contributed by atoms with Gasteiger partial charge in [0.1, 0.15) is 11.9 Å². The van der Waals surface area contributed by atoms with Crippen LogP contribution in [-0.4, -0.2) is 18.2 Å². The van der Waals surface area contributed by atoms with Crippen LogP contribution >= 0.6 is 0 Å². The van der Waals surface area contributed by atoms with Gasteiger partial charge in [0, 0.05) is 0 Å². The minimum atomic E-state index is -0.986. The van der Waals surface area contributed by atoms with Crippen LogP contribution in [0.5, 0.6) is 0 Å². The van der Waals surface area contributed by atoms with Gasteiger partial charge in [-0.1, -0.05) is 24.3 Å². The van der Waals surface area contributed by atoms with Gasteiger partial charge in [0.25, 0.3) is 0 Å². The van der Waals surface area contributed by atoms with E-state index in [0.29, 0.717) is 18.6 Å². The number of furan rings is 1. The Labute approximate surface area is 113 Å². The molecule has 0 fully saturated rings. The lowest BCUT2D eigenvalue weighted by atomic mass is 9.94. The van der Waals surface area contributed by atoms with Crippen molar-refractivity contribution in [2.45, 2.75) is 25.9 Å². The molecule has 0 aromatic carbocycles. The first-order chi connectivity index (χ1) is 9.10. The van der Waals surface area contributed by atoms with Gasteiger partial charge >= 0.3 is 5.97 Å². The zero-order valence-corrected chi connectivity index (χ0v) is 11.3. The summed E-state index contributed by atoms with van der Waals surface area (Å²) in [5.41, 5.74) is 1.04. The average Bonchev–Trinajstić information content (AvgIpc) is 2.95. The smallest absolute Gasteiger partial charge is 0.311 e. The molecule has 4 heteroatoms. The second-order valence-electron chi connectivity index (χ2n) is 4.32. The van der Waals surface area contributed by atoms with Gasteiger partial charge in [-0.05, 0) is 31.9 Å². The fourth-order valence-electron chi connectivity index (χ4n) is 1.79. The van der Waals surface area contributed by atoms with E-state index in [2.05, 4.69) is 6.58 Å². The number of hydrogen-bond acceptors (Lipinski definition) is 4. The number of carbonyl (C=O) groups is 1. The zero-order valence-electron chi connectivity index (χ0n) is 11.3. The molecule has 0 aliphatic heterocycles. The molecule has 0 saturated carbocycles. The monoisotopic (exact) mass is 264 g/mol. The van der Waals surface area contributed by atoms with Crippen molar-refractivity contribution in [2.75, 3.05) is 7.11 Å². The summed E-state index contributed by atoms with van der Waals surface area (Å²) >= 11 is 0. The number of aliphatic hydroxyl groups excluding tert-OH is 1. The second-order valence-corrected chi connectivity index (χ2v) is 4.32. The van der Waals surface area contributed by atoms with E-state index in [9.17, 15) is 9.90 Å². The molecule has 104 valence electrons. The van der Waals surface area contributed by atoms with Crippen LogP contribution in [-0.2, 0) is 9.53 Å². The number of methoxy groups -OCH3 is 1. The van der Waals surface area contributed by atoms with Crippen LogP contribution in [0.15, 0.2) is 47.1 Å². The molecule has 0 spiro atoms. The van der Waals surface area contributed by atoms with Gasteiger partial charge in [-0.15, -0.1) is 0 Å².